The van der Waals surface area contributed by atoms with Gasteiger partial charge < -0.3 is 15.1 Å². The van der Waals surface area contributed by atoms with Gasteiger partial charge >= 0.3 is 6.03 Å². The van der Waals surface area contributed by atoms with E-state index >= 15 is 0 Å². The average Bonchev–Trinajstić information content (AvgIpc) is 3.48. The topological polar surface area (TPSA) is 52.7 Å². The molecular formula is C21H29N3O2. The Hall–Kier alpha value is -2.04. The summed E-state index contributed by atoms with van der Waals surface area (Å²) in [5.74, 6) is 0.319. The summed E-state index contributed by atoms with van der Waals surface area (Å²) >= 11 is 0. The number of hydrogen-bond acceptors (Lipinski definition) is 2. The molecule has 1 atom stereocenters. The molecule has 1 N–H and O–H groups in total. The molecule has 2 heterocycles. The molecule has 1 aromatic rings. The van der Waals surface area contributed by atoms with E-state index in [2.05, 4.69) is 29.3 Å². The van der Waals surface area contributed by atoms with E-state index in [0.717, 1.165) is 57.3 Å². The molecule has 140 valence electrons. The summed E-state index contributed by atoms with van der Waals surface area (Å²) in [4.78, 5) is 29.1. The number of nitrogens with one attached hydrogen (secondary N) is 1. The third-order valence-corrected chi connectivity index (χ3v) is 6.32. The van der Waals surface area contributed by atoms with E-state index in [1.807, 2.05) is 17.0 Å². The monoisotopic (exact) mass is 355 g/mol. The summed E-state index contributed by atoms with van der Waals surface area (Å²) < 4.78 is 0. The highest BCUT2D eigenvalue weighted by molar-refractivity contribution is 5.78. The van der Waals surface area contributed by atoms with Crippen molar-refractivity contribution in [3.8, 4) is 0 Å². The highest BCUT2D eigenvalue weighted by atomic mass is 16.2. The van der Waals surface area contributed by atoms with Gasteiger partial charge in [-0.25, -0.2) is 4.79 Å². The molecule has 4 rings (SSSR count). The van der Waals surface area contributed by atoms with Crippen molar-refractivity contribution in [2.45, 2.75) is 58.0 Å². The van der Waals surface area contributed by atoms with Gasteiger partial charge in [0.15, 0.2) is 0 Å². The van der Waals surface area contributed by atoms with Gasteiger partial charge in [-0.15, -0.1) is 0 Å². The first-order valence-electron chi connectivity index (χ1n) is 9.93. The first-order valence-corrected chi connectivity index (χ1v) is 9.93. The Morgan fingerprint density at radius 2 is 2.04 bits per heavy atom. The summed E-state index contributed by atoms with van der Waals surface area (Å²) in [7, 11) is 0. The third-order valence-electron chi connectivity index (χ3n) is 6.32. The molecule has 0 aromatic heterocycles. The lowest BCUT2D eigenvalue weighted by Gasteiger charge is -2.48. The van der Waals surface area contributed by atoms with Crippen LogP contribution in [-0.2, 0) is 11.3 Å². The number of urea groups is 1. The summed E-state index contributed by atoms with van der Waals surface area (Å²) in [5, 5.41) is 3.09. The van der Waals surface area contributed by atoms with E-state index in [0.29, 0.717) is 24.9 Å². The predicted octanol–water partition coefficient (Wildman–Crippen LogP) is 3.07. The zero-order chi connectivity index (χ0) is 18.1. The molecule has 0 radical (unpaired) electrons. The maximum absolute atomic E-state index is 12.7. The third kappa shape index (κ3) is 3.57. The molecule has 0 bridgehead atoms. The lowest BCUT2D eigenvalue weighted by Crippen LogP contribution is -2.56. The molecule has 5 nitrogen and oxygen atoms in total. The Kier molecular flexibility index (Phi) is 4.63. The lowest BCUT2D eigenvalue weighted by atomic mass is 9.73. The fraction of sp³-hybridized carbons (Fsp3) is 0.619. The minimum Gasteiger partial charge on any atom is -0.339 e. The molecule has 2 aliphatic heterocycles. The van der Waals surface area contributed by atoms with Crippen molar-refractivity contribution in [3.63, 3.8) is 0 Å². The van der Waals surface area contributed by atoms with Crippen molar-refractivity contribution in [2.24, 2.45) is 5.41 Å². The minimum atomic E-state index is 0.0298. The molecular weight excluding hydrogens is 326 g/mol. The number of rotatable bonds is 3. The summed E-state index contributed by atoms with van der Waals surface area (Å²) in [6, 6.07) is 8.67. The summed E-state index contributed by atoms with van der Waals surface area (Å²) in [6.45, 7) is 5.09. The Labute approximate surface area is 155 Å². The van der Waals surface area contributed by atoms with Crippen molar-refractivity contribution in [3.05, 3.63) is 35.4 Å². The molecule has 2 saturated heterocycles. The Balaban J connectivity index is 1.37. The minimum absolute atomic E-state index is 0.0298. The number of piperidine rings is 2. The summed E-state index contributed by atoms with van der Waals surface area (Å²) in [6.07, 6.45) is 6.05. The number of carbonyl (C=O) groups excluding carboxylic acids is 2. The van der Waals surface area contributed by atoms with Gasteiger partial charge in [0.1, 0.15) is 0 Å². The van der Waals surface area contributed by atoms with Crippen LogP contribution in [0, 0.1) is 12.3 Å². The number of aryl methyl sites for hydroxylation is 1. The van der Waals surface area contributed by atoms with Crippen LogP contribution >= 0.6 is 0 Å². The molecule has 3 amide bonds. The standard InChI is InChI=1S/C21H29N3O2/c1-16-5-2-3-6-17(16)13-22-20(26)23-12-4-10-21(14-23)11-9-19(25)24(15-21)18-7-8-18/h2-3,5-6,18H,4,7-15H2,1H3,(H,22,26)/t21-/m0/s1. The van der Waals surface area contributed by atoms with Crippen LogP contribution in [0.25, 0.3) is 0 Å². The first-order chi connectivity index (χ1) is 12.6. The van der Waals surface area contributed by atoms with E-state index in [1.54, 1.807) is 0 Å². The van der Waals surface area contributed by atoms with Crippen LogP contribution in [-0.4, -0.2) is 47.4 Å². The quantitative estimate of drug-likeness (QED) is 0.906. The highest BCUT2D eigenvalue weighted by Crippen LogP contribution is 2.42. The van der Waals surface area contributed by atoms with Crippen LogP contribution in [0.15, 0.2) is 24.3 Å². The number of nitrogens with zero attached hydrogens (tertiary/aromatic N) is 2. The maximum atomic E-state index is 12.7. The van der Waals surface area contributed by atoms with Gasteiger partial charge in [-0.05, 0) is 50.2 Å². The first kappa shape index (κ1) is 17.4. The normalized spacial score (nSPS) is 26.3. The van der Waals surface area contributed by atoms with Gasteiger partial charge in [-0.1, -0.05) is 24.3 Å². The van der Waals surface area contributed by atoms with Gasteiger partial charge in [-0.3, -0.25) is 4.79 Å². The number of carbonyl (C=O) groups is 2. The lowest BCUT2D eigenvalue weighted by molar-refractivity contribution is -0.139. The summed E-state index contributed by atoms with van der Waals surface area (Å²) in [5.41, 5.74) is 2.47. The second kappa shape index (κ2) is 6.93. The molecule has 1 spiro atoms. The molecule has 26 heavy (non-hydrogen) atoms. The van der Waals surface area contributed by atoms with Gasteiger partial charge in [0.2, 0.25) is 5.91 Å². The molecule has 1 aromatic carbocycles. The Bertz CT molecular complexity index is 700. The molecule has 1 saturated carbocycles. The van der Waals surface area contributed by atoms with Crippen LogP contribution in [0.1, 0.15) is 49.7 Å². The highest BCUT2D eigenvalue weighted by Gasteiger charge is 2.46. The molecule has 0 unspecified atom stereocenters. The molecule has 3 fully saturated rings. The van der Waals surface area contributed by atoms with E-state index in [-0.39, 0.29) is 11.4 Å². The van der Waals surface area contributed by atoms with Crippen molar-refractivity contribution in [2.75, 3.05) is 19.6 Å². The van der Waals surface area contributed by atoms with Crippen LogP contribution in [0.2, 0.25) is 0 Å². The Morgan fingerprint density at radius 3 is 2.81 bits per heavy atom. The number of amides is 3. The number of benzene rings is 1. The van der Waals surface area contributed by atoms with Gasteiger partial charge in [0, 0.05) is 44.1 Å². The van der Waals surface area contributed by atoms with Gasteiger partial charge in [0.05, 0.1) is 0 Å². The van der Waals surface area contributed by atoms with Crippen LogP contribution in [0.3, 0.4) is 0 Å². The molecule has 5 heteroatoms. The fourth-order valence-electron chi connectivity index (χ4n) is 4.57. The van der Waals surface area contributed by atoms with Gasteiger partial charge in [0.25, 0.3) is 0 Å². The van der Waals surface area contributed by atoms with Crippen molar-refractivity contribution >= 4 is 11.9 Å². The zero-order valence-electron chi connectivity index (χ0n) is 15.7. The van der Waals surface area contributed by atoms with E-state index in [9.17, 15) is 9.59 Å². The SMILES string of the molecule is Cc1ccccc1CNC(=O)N1CCC[C@]2(CCC(=O)N(C3CC3)C2)C1. The van der Waals surface area contributed by atoms with Crippen LogP contribution < -0.4 is 5.32 Å². The predicted molar refractivity (Wildman–Crippen MR) is 101 cm³/mol. The molecule has 1 aliphatic carbocycles. The Morgan fingerprint density at radius 1 is 1.23 bits per heavy atom. The van der Waals surface area contributed by atoms with E-state index in [4.69, 9.17) is 0 Å². The van der Waals surface area contributed by atoms with E-state index < -0.39 is 0 Å². The second-order valence-corrected chi connectivity index (χ2v) is 8.36. The van der Waals surface area contributed by atoms with Gasteiger partial charge in [-0.2, -0.15) is 0 Å². The van der Waals surface area contributed by atoms with E-state index in [1.165, 1.54) is 5.56 Å². The van der Waals surface area contributed by atoms with Crippen molar-refractivity contribution in [1.29, 1.82) is 0 Å². The number of hydrogen-bond donors (Lipinski definition) is 1. The average molecular weight is 355 g/mol. The smallest absolute Gasteiger partial charge is 0.317 e. The maximum Gasteiger partial charge on any atom is 0.317 e. The second-order valence-electron chi connectivity index (χ2n) is 8.36. The van der Waals surface area contributed by atoms with Crippen LogP contribution in [0.5, 0.6) is 0 Å². The molecule has 3 aliphatic rings. The largest absolute Gasteiger partial charge is 0.339 e. The fourth-order valence-corrected chi connectivity index (χ4v) is 4.57. The van der Waals surface area contributed by atoms with Crippen molar-refractivity contribution < 1.29 is 9.59 Å². The zero-order valence-corrected chi connectivity index (χ0v) is 15.7. The van der Waals surface area contributed by atoms with Crippen molar-refractivity contribution in [1.82, 2.24) is 15.1 Å². The number of likely N-dealkylation sites (tertiary alicyclic amines) is 2. The van der Waals surface area contributed by atoms with Crippen LogP contribution in [0.4, 0.5) is 4.79 Å².